The molecule has 1 saturated heterocycles. The van der Waals surface area contributed by atoms with E-state index in [2.05, 4.69) is 12.2 Å². The number of rotatable bonds is 21. The topological polar surface area (TPSA) is 159 Å². The molecule has 1 aliphatic heterocycles. The zero-order valence-electron chi connectivity index (χ0n) is 26.3. The number of hydrogen-bond acceptors (Lipinski definition) is 8. The number of nitrogens with one attached hydrogen (secondary N) is 1. The molecule has 0 aromatic rings. The van der Waals surface area contributed by atoms with Crippen LogP contribution in [0.2, 0.25) is 0 Å². The molecular formula is C31H59N2O8. The van der Waals surface area contributed by atoms with Crippen molar-refractivity contribution in [2.75, 3.05) is 6.61 Å². The maximum Gasteiger partial charge on any atom is 0.305 e. The van der Waals surface area contributed by atoms with Crippen LogP contribution in [0.15, 0.2) is 0 Å². The van der Waals surface area contributed by atoms with Gasteiger partial charge in [-0.15, -0.1) is 10.3 Å². The molecule has 0 saturated carbocycles. The second-order valence-electron chi connectivity index (χ2n) is 13.2. The molecule has 1 heterocycles. The molecule has 1 radical (unpaired) electrons. The summed E-state index contributed by atoms with van der Waals surface area (Å²) in [7, 11) is 0. The number of hydrogen-bond donors (Lipinski definition) is 5. The van der Waals surface area contributed by atoms with Crippen LogP contribution in [0.1, 0.15) is 137 Å². The SMILES string of the molecule is CCCCCCCCCCCCCCCC(=O)OCC(O)C(O)C(O)C(O)C(=O)NC1CC(C)(C)N([O])C(C)(C)C1. The highest BCUT2D eigenvalue weighted by Crippen LogP contribution is 2.37. The average molecular weight is 588 g/mol. The van der Waals surface area contributed by atoms with Crippen molar-refractivity contribution in [3.63, 3.8) is 0 Å². The number of hydroxylamine groups is 2. The lowest BCUT2D eigenvalue weighted by Crippen LogP contribution is -2.63. The fourth-order valence-electron chi connectivity index (χ4n) is 5.86. The molecule has 41 heavy (non-hydrogen) atoms. The van der Waals surface area contributed by atoms with Crippen LogP contribution in [0, 0.1) is 0 Å². The van der Waals surface area contributed by atoms with Crippen molar-refractivity contribution in [1.29, 1.82) is 0 Å². The van der Waals surface area contributed by atoms with Gasteiger partial charge in [-0.25, -0.2) is 0 Å². The van der Waals surface area contributed by atoms with Crippen LogP contribution in [0.5, 0.6) is 0 Å². The average Bonchev–Trinajstić information content (AvgIpc) is 2.91. The highest BCUT2D eigenvalue weighted by Gasteiger charge is 2.47. The van der Waals surface area contributed by atoms with Crippen LogP contribution < -0.4 is 5.32 Å². The smallest absolute Gasteiger partial charge is 0.305 e. The lowest BCUT2D eigenvalue weighted by atomic mass is 9.79. The quantitative estimate of drug-likeness (QED) is 0.0997. The molecule has 10 nitrogen and oxygen atoms in total. The largest absolute Gasteiger partial charge is 0.463 e. The molecule has 5 N–H and O–H groups in total. The molecule has 0 spiro atoms. The van der Waals surface area contributed by atoms with E-state index in [9.17, 15) is 35.2 Å². The fraction of sp³-hybridized carbons (Fsp3) is 0.935. The number of carbonyl (C=O) groups excluding carboxylic acids is 2. The number of amides is 1. The minimum atomic E-state index is -2.02. The maximum absolute atomic E-state index is 12.6. The summed E-state index contributed by atoms with van der Waals surface area (Å²) in [5.74, 6) is -1.43. The van der Waals surface area contributed by atoms with E-state index in [1.807, 2.05) is 0 Å². The predicted octanol–water partition coefficient (Wildman–Crippen LogP) is 3.94. The van der Waals surface area contributed by atoms with E-state index >= 15 is 0 Å². The first-order chi connectivity index (χ1) is 19.2. The van der Waals surface area contributed by atoms with Gasteiger partial charge in [0.1, 0.15) is 24.9 Å². The molecule has 1 fully saturated rings. The molecule has 0 aromatic carbocycles. The van der Waals surface area contributed by atoms with Crippen molar-refractivity contribution < 1.29 is 40.0 Å². The Bertz CT molecular complexity index is 730. The lowest BCUT2D eigenvalue weighted by molar-refractivity contribution is -0.290. The third kappa shape index (κ3) is 14.1. The van der Waals surface area contributed by atoms with Crippen molar-refractivity contribution >= 4 is 11.9 Å². The molecule has 0 bridgehead atoms. The van der Waals surface area contributed by atoms with Gasteiger partial charge < -0.3 is 30.5 Å². The van der Waals surface area contributed by atoms with E-state index in [1.165, 1.54) is 57.8 Å². The minimum Gasteiger partial charge on any atom is -0.463 e. The number of unbranched alkanes of at least 4 members (excludes halogenated alkanes) is 12. The Morgan fingerprint density at radius 1 is 0.780 bits per heavy atom. The van der Waals surface area contributed by atoms with Crippen molar-refractivity contribution in [3.8, 4) is 0 Å². The zero-order chi connectivity index (χ0) is 31.1. The summed E-state index contributed by atoms with van der Waals surface area (Å²) in [5.41, 5.74) is -1.48. The van der Waals surface area contributed by atoms with Gasteiger partial charge in [0.2, 0.25) is 0 Å². The molecule has 4 unspecified atom stereocenters. The van der Waals surface area contributed by atoms with Gasteiger partial charge in [0.25, 0.3) is 5.91 Å². The second kappa shape index (κ2) is 19.1. The molecule has 4 atom stereocenters. The number of piperidine rings is 1. The zero-order valence-corrected chi connectivity index (χ0v) is 26.3. The van der Waals surface area contributed by atoms with Crippen LogP contribution >= 0.6 is 0 Å². The number of ether oxygens (including phenoxy) is 1. The van der Waals surface area contributed by atoms with Crippen molar-refractivity contribution in [1.82, 2.24) is 10.4 Å². The lowest BCUT2D eigenvalue weighted by Gasteiger charge is -2.50. The number of nitrogens with zero attached hydrogens (tertiary/aromatic N) is 1. The summed E-state index contributed by atoms with van der Waals surface area (Å²) in [6, 6.07) is -0.423. The van der Waals surface area contributed by atoms with Gasteiger partial charge in [-0.1, -0.05) is 84.0 Å². The molecule has 1 rings (SSSR count). The predicted molar refractivity (Wildman–Crippen MR) is 157 cm³/mol. The summed E-state index contributed by atoms with van der Waals surface area (Å²) in [5, 5.41) is 57.2. The van der Waals surface area contributed by atoms with E-state index in [0.717, 1.165) is 24.3 Å². The molecular weight excluding hydrogens is 528 g/mol. The van der Waals surface area contributed by atoms with Gasteiger partial charge in [0.15, 0.2) is 6.10 Å². The van der Waals surface area contributed by atoms with Crippen LogP contribution in [-0.4, -0.2) is 85.5 Å². The van der Waals surface area contributed by atoms with Crippen molar-refractivity contribution in [3.05, 3.63) is 0 Å². The molecule has 10 heteroatoms. The first-order valence-corrected chi connectivity index (χ1v) is 15.9. The molecule has 0 aliphatic carbocycles. The molecule has 1 aliphatic rings. The Kier molecular flexibility index (Phi) is 17.6. The Hall–Kier alpha value is -1.30. The van der Waals surface area contributed by atoms with Gasteiger partial charge in [-0.3, -0.25) is 9.59 Å². The van der Waals surface area contributed by atoms with E-state index in [0.29, 0.717) is 19.3 Å². The highest BCUT2D eigenvalue weighted by atomic mass is 16.5. The number of esters is 1. The Morgan fingerprint density at radius 3 is 1.68 bits per heavy atom. The van der Waals surface area contributed by atoms with Crippen LogP contribution in [0.4, 0.5) is 0 Å². The van der Waals surface area contributed by atoms with E-state index in [1.54, 1.807) is 27.7 Å². The normalized spacial score (nSPS) is 20.2. The van der Waals surface area contributed by atoms with Crippen LogP contribution in [0.25, 0.3) is 0 Å². The molecule has 241 valence electrons. The monoisotopic (exact) mass is 587 g/mol. The third-order valence-corrected chi connectivity index (χ3v) is 8.17. The number of aliphatic hydroxyl groups excluding tert-OH is 4. The summed E-state index contributed by atoms with van der Waals surface area (Å²) in [6.07, 6.45) is 8.83. The van der Waals surface area contributed by atoms with E-state index in [-0.39, 0.29) is 6.42 Å². The van der Waals surface area contributed by atoms with Gasteiger partial charge in [-0.05, 0) is 47.0 Å². The fourth-order valence-corrected chi connectivity index (χ4v) is 5.86. The first-order valence-electron chi connectivity index (χ1n) is 15.9. The Labute approximate surface area is 247 Å². The van der Waals surface area contributed by atoms with Crippen molar-refractivity contribution in [2.24, 2.45) is 0 Å². The van der Waals surface area contributed by atoms with Gasteiger partial charge in [0.05, 0.1) is 0 Å². The summed E-state index contributed by atoms with van der Waals surface area (Å²) in [6.45, 7) is 8.75. The van der Waals surface area contributed by atoms with Gasteiger partial charge >= 0.3 is 5.97 Å². The molecule has 0 aromatic heterocycles. The number of carbonyl (C=O) groups is 2. The highest BCUT2D eigenvalue weighted by molar-refractivity contribution is 5.81. The first kappa shape index (κ1) is 37.7. The van der Waals surface area contributed by atoms with Crippen molar-refractivity contribution in [2.45, 2.75) is 179 Å². The number of aliphatic hydroxyl groups is 4. The minimum absolute atomic E-state index is 0.197. The van der Waals surface area contributed by atoms with Crippen LogP contribution in [-0.2, 0) is 19.5 Å². The van der Waals surface area contributed by atoms with Gasteiger partial charge in [-0.2, -0.15) is 0 Å². The summed E-state index contributed by atoms with van der Waals surface area (Å²) < 4.78 is 5.02. The van der Waals surface area contributed by atoms with Gasteiger partial charge in [0, 0.05) is 23.5 Å². The summed E-state index contributed by atoms with van der Waals surface area (Å²) in [4.78, 5) is 24.6. The van der Waals surface area contributed by atoms with E-state index in [4.69, 9.17) is 4.74 Å². The molecule has 1 amide bonds. The van der Waals surface area contributed by atoms with Crippen LogP contribution in [0.3, 0.4) is 0 Å². The Morgan fingerprint density at radius 2 is 1.22 bits per heavy atom. The third-order valence-electron chi connectivity index (χ3n) is 8.17. The second-order valence-corrected chi connectivity index (χ2v) is 13.2. The Balaban J connectivity index is 2.23. The summed E-state index contributed by atoms with van der Waals surface area (Å²) >= 11 is 0. The van der Waals surface area contributed by atoms with E-state index < -0.39 is 60.0 Å². The standard InChI is InChI=1S/C31H59N2O8/c1-6-7-8-9-10-11-12-13-14-15-16-17-18-19-25(35)41-22-24(34)26(36)27(37)28(38)29(39)32-23-20-30(2,3)33(40)31(4,5)21-23/h23-24,26-28,34,36-38H,6-22H2,1-5H3,(H,32,39). The maximum atomic E-state index is 12.6.